The lowest BCUT2D eigenvalue weighted by Crippen LogP contribution is -2.49. The number of urea groups is 1. The predicted octanol–water partition coefficient (Wildman–Crippen LogP) is 9.97. The van der Waals surface area contributed by atoms with E-state index in [1.54, 1.807) is 43.0 Å². The average Bonchev–Trinajstić information content (AvgIpc) is 3.34. The van der Waals surface area contributed by atoms with Crippen LogP contribution >= 0.6 is 11.6 Å². The molecule has 5 amide bonds. The Balaban J connectivity index is 0.926. The quantitative estimate of drug-likeness (QED) is 0.123. The molecule has 4 heterocycles. The van der Waals surface area contributed by atoms with Crippen LogP contribution in [0.4, 0.5) is 29.5 Å². The van der Waals surface area contributed by atoms with Gasteiger partial charge in [0.25, 0.3) is 5.91 Å². The van der Waals surface area contributed by atoms with Gasteiger partial charge in [0.2, 0.25) is 11.8 Å². The summed E-state index contributed by atoms with van der Waals surface area (Å²) in [5.41, 5.74) is -0.749. The molecule has 8 rings (SSSR count). The molecule has 3 saturated heterocycles. The summed E-state index contributed by atoms with van der Waals surface area (Å²) in [4.78, 5) is 77.3. The number of ether oxygens (including phenoxy) is 2. The number of likely N-dealkylation sites (tertiary alicyclic amines) is 2. The number of piperidine rings is 2. The molecule has 4 aromatic rings. The second kappa shape index (κ2) is 20.8. The molecule has 1 saturated carbocycles. The van der Waals surface area contributed by atoms with Crippen molar-refractivity contribution in [2.75, 3.05) is 56.6 Å². The number of nitrogens with one attached hydrogen (secondary N) is 2. The minimum absolute atomic E-state index is 0.00356. The van der Waals surface area contributed by atoms with Gasteiger partial charge in [-0.05, 0) is 125 Å². The first-order chi connectivity index (χ1) is 35.5. The van der Waals surface area contributed by atoms with E-state index < -0.39 is 83.0 Å². The summed E-state index contributed by atoms with van der Waals surface area (Å²) in [7, 11) is 1.54. The first-order valence-electron chi connectivity index (χ1n) is 26.3. The van der Waals surface area contributed by atoms with Crippen molar-refractivity contribution in [3.63, 3.8) is 0 Å². The zero-order chi connectivity index (χ0) is 55.4. The Hall–Kier alpha value is -6.01. The number of aromatic carboxylic acids is 1. The van der Waals surface area contributed by atoms with Crippen LogP contribution in [0.1, 0.15) is 140 Å². The number of carboxylic acids is 1. The lowest BCUT2D eigenvalue weighted by atomic mass is 9.54. The van der Waals surface area contributed by atoms with Crippen molar-refractivity contribution in [3.05, 3.63) is 87.2 Å². The van der Waals surface area contributed by atoms with E-state index in [0.717, 1.165) is 16.5 Å². The Morgan fingerprint density at radius 2 is 1.64 bits per heavy atom. The zero-order valence-electron chi connectivity index (χ0n) is 45.2. The monoisotopic (exact) mass is 1020 g/mol. The van der Waals surface area contributed by atoms with Crippen molar-refractivity contribution in [2.45, 2.75) is 116 Å². The molecule has 3 N–H and O–H groups in total. The number of hydrogen-bond donors (Lipinski definition) is 3. The molecule has 0 radical (unpaired) electrons. The van der Waals surface area contributed by atoms with Crippen molar-refractivity contribution in [1.29, 1.82) is 0 Å². The van der Waals surface area contributed by atoms with Gasteiger partial charge in [0.15, 0.2) is 0 Å². The minimum Gasteiger partial charge on any atom is -0.496 e. The smallest absolute Gasteiger partial charge is 0.416 e. The number of hydrogen-bond acceptors (Lipinski definition) is 10. The third kappa shape index (κ3) is 11.0. The zero-order valence-corrected chi connectivity index (χ0v) is 41.9. The number of aryl methyl sites for hydroxylation is 1. The number of amides is 5. The molecule has 4 fully saturated rings. The third-order valence-electron chi connectivity index (χ3n) is 14.8. The first kappa shape index (κ1) is 47.0. The number of carbonyl (C=O) groups is 5. The number of halogens is 4. The van der Waals surface area contributed by atoms with E-state index in [9.17, 15) is 42.3 Å². The minimum atomic E-state index is -4.79. The number of fused-ring (bicyclic) bond motifs is 1. The van der Waals surface area contributed by atoms with Gasteiger partial charge >= 0.3 is 18.2 Å². The van der Waals surface area contributed by atoms with Crippen LogP contribution in [0.5, 0.6) is 5.75 Å². The molecular formula is C53H63ClF3N7O8. The number of carbonyl (C=O) groups excluding carboxylic acids is 4. The third-order valence-corrected chi connectivity index (χ3v) is 15.2. The van der Waals surface area contributed by atoms with Crippen molar-refractivity contribution < 1.29 is 57.2 Å². The Bertz CT molecular complexity index is 2930. The number of benzene rings is 3. The molecule has 72 heavy (non-hydrogen) atoms. The average molecular weight is 1020 g/mol. The molecule has 15 nitrogen and oxygen atoms in total. The molecule has 0 spiro atoms. The molecule has 1 aliphatic carbocycles. The standard InChI is InChI=1S/C53H63ClF3N7O8/c1-30(35-23-36(49(68)69)25-37(24-35)53(55,56)57)58-46-39-27-40(44(71-6)28-42(39)59-31(2)60-46)52(51(3,4)5)16-9-33(10-17-52)47(66)63-20-13-38(14-21-63)72-29-32-11-18-62(19-12-32)48(67)34-7-8-41(54)43(26-34)64-22-15-45(65)61-50(64)70/h7-8,23-28,30,32-33,38H,9-22,29H2,1-6H3,(H,68,69)(H,58,59,60)(H,61,65,70)/t30-,33?,52?/m1/s1/i20D2,21D2. The maximum Gasteiger partial charge on any atom is 0.416 e. The topological polar surface area (TPSA) is 184 Å². The number of methoxy groups -OCH3 is 1. The van der Waals surface area contributed by atoms with Crippen LogP contribution in [0.3, 0.4) is 0 Å². The second-order valence-corrected chi connectivity index (χ2v) is 20.7. The summed E-state index contributed by atoms with van der Waals surface area (Å²) in [6.45, 7) is 5.87. The number of anilines is 2. The van der Waals surface area contributed by atoms with Crippen LogP contribution in [0.25, 0.3) is 10.9 Å². The van der Waals surface area contributed by atoms with Crippen molar-refractivity contribution >= 4 is 63.7 Å². The van der Waals surface area contributed by atoms with E-state index in [1.165, 1.54) is 18.1 Å². The highest BCUT2D eigenvalue weighted by Crippen LogP contribution is 2.56. The van der Waals surface area contributed by atoms with Gasteiger partial charge in [-0.1, -0.05) is 32.4 Å². The Labute approximate surface area is 427 Å². The van der Waals surface area contributed by atoms with E-state index in [1.807, 2.05) is 6.07 Å². The molecule has 3 aliphatic heterocycles. The Morgan fingerprint density at radius 1 is 0.944 bits per heavy atom. The lowest BCUT2D eigenvalue weighted by molar-refractivity contribution is -0.140. The van der Waals surface area contributed by atoms with E-state index in [0.29, 0.717) is 97.2 Å². The predicted molar refractivity (Wildman–Crippen MR) is 265 cm³/mol. The van der Waals surface area contributed by atoms with Crippen LogP contribution in [-0.4, -0.2) is 107 Å². The van der Waals surface area contributed by atoms with Crippen LogP contribution < -0.4 is 20.3 Å². The van der Waals surface area contributed by atoms with Crippen molar-refractivity contribution in [1.82, 2.24) is 25.1 Å². The van der Waals surface area contributed by atoms with Gasteiger partial charge in [-0.3, -0.25) is 24.6 Å². The Morgan fingerprint density at radius 3 is 2.26 bits per heavy atom. The summed E-state index contributed by atoms with van der Waals surface area (Å²) in [6, 6.07) is 9.58. The highest BCUT2D eigenvalue weighted by molar-refractivity contribution is 6.34. The van der Waals surface area contributed by atoms with Crippen LogP contribution in [0.2, 0.25) is 5.02 Å². The molecule has 3 aromatic carbocycles. The summed E-state index contributed by atoms with van der Waals surface area (Å²) in [5, 5.41) is 15.9. The van der Waals surface area contributed by atoms with Gasteiger partial charge in [0.1, 0.15) is 17.4 Å². The molecule has 1 atom stereocenters. The SMILES string of the molecule is [2H]C1([2H])CC(OCC2CCN(C(=O)c3ccc(Cl)c(N4CCC(=O)NC4=O)c3)CC2)CC([2H])([2H])N1C(=O)C1CCC(c2cc3c(N[C@H](C)c4cc(C(=O)O)cc(C(F)(F)F)c4)nc(C)nc3cc2OC)(C(C)(C)C)CC1. The highest BCUT2D eigenvalue weighted by atomic mass is 35.5. The van der Waals surface area contributed by atoms with E-state index in [-0.39, 0.29) is 54.8 Å². The van der Waals surface area contributed by atoms with Gasteiger partial charge in [-0.25, -0.2) is 19.6 Å². The highest BCUT2D eigenvalue weighted by Gasteiger charge is 2.49. The fourth-order valence-electron chi connectivity index (χ4n) is 10.6. The van der Waals surface area contributed by atoms with Gasteiger partial charge in [-0.15, -0.1) is 0 Å². The normalized spacial score (nSPS) is 23.4. The van der Waals surface area contributed by atoms with Crippen molar-refractivity contribution in [2.24, 2.45) is 17.3 Å². The fourth-order valence-corrected chi connectivity index (χ4v) is 10.8. The maximum absolute atomic E-state index is 14.5. The molecule has 19 heteroatoms. The van der Waals surface area contributed by atoms with E-state index in [4.69, 9.17) is 26.6 Å². The summed E-state index contributed by atoms with van der Waals surface area (Å²) in [5.74, 6) is -2.30. The summed E-state index contributed by atoms with van der Waals surface area (Å²) >= 11 is 6.40. The van der Waals surface area contributed by atoms with Gasteiger partial charge in [0, 0.05) is 85.1 Å². The van der Waals surface area contributed by atoms with Crippen LogP contribution in [0, 0.1) is 24.2 Å². The first-order valence-corrected chi connectivity index (χ1v) is 24.6. The molecule has 386 valence electrons. The second-order valence-electron chi connectivity index (χ2n) is 20.3. The number of aromatic nitrogens is 2. The molecule has 4 aliphatic rings. The van der Waals surface area contributed by atoms with Crippen molar-refractivity contribution in [3.8, 4) is 5.75 Å². The molecular weight excluding hydrogens is 955 g/mol. The van der Waals surface area contributed by atoms with E-state index >= 15 is 0 Å². The molecule has 0 unspecified atom stereocenters. The number of nitrogens with zero attached hydrogens (tertiary/aromatic N) is 5. The van der Waals surface area contributed by atoms with Gasteiger partial charge in [0.05, 0.1) is 46.6 Å². The summed E-state index contributed by atoms with van der Waals surface area (Å²) in [6.07, 6.45) is -3.39. The van der Waals surface area contributed by atoms with Gasteiger partial charge in [-0.2, -0.15) is 13.2 Å². The number of rotatable bonds is 12. The Kier molecular flexibility index (Phi) is 13.6. The van der Waals surface area contributed by atoms with Crippen LogP contribution in [0.15, 0.2) is 48.5 Å². The number of carboxylic acid groups (broad SMARTS) is 1. The number of imide groups is 1. The van der Waals surface area contributed by atoms with E-state index in [2.05, 4.69) is 41.4 Å². The molecule has 1 aromatic heterocycles. The van der Waals surface area contributed by atoms with Crippen LogP contribution in [-0.2, 0) is 25.9 Å². The number of alkyl halides is 3. The van der Waals surface area contributed by atoms with Gasteiger partial charge < -0.3 is 29.7 Å². The largest absolute Gasteiger partial charge is 0.496 e. The fraction of sp³-hybridized carbons (Fsp3) is 0.528. The summed E-state index contributed by atoms with van der Waals surface area (Å²) < 4.78 is 90.4. The molecule has 0 bridgehead atoms. The lowest BCUT2D eigenvalue weighted by Gasteiger charge is -2.50. The maximum atomic E-state index is 14.5.